The normalized spacial score (nSPS) is 15.0. The molecule has 0 aromatic heterocycles. The van der Waals surface area contributed by atoms with Crippen molar-refractivity contribution in [1.82, 2.24) is 10.2 Å². The molecule has 134 valence electrons. The number of nitrogens with zero attached hydrogens (tertiary/aromatic N) is 1. The number of methoxy groups -OCH3 is 2. The van der Waals surface area contributed by atoms with Crippen molar-refractivity contribution < 1.29 is 27.4 Å². The van der Waals surface area contributed by atoms with E-state index in [1.807, 2.05) is 0 Å². The van der Waals surface area contributed by atoms with Crippen LogP contribution in [0.4, 0.5) is 4.79 Å². The van der Waals surface area contributed by atoms with Gasteiger partial charge in [-0.25, -0.2) is 13.2 Å². The summed E-state index contributed by atoms with van der Waals surface area (Å²) in [5.74, 6) is 0.603. The molecule has 2 amide bonds. The molecule has 1 fully saturated rings. The zero-order valence-corrected chi connectivity index (χ0v) is 14.6. The highest BCUT2D eigenvalue weighted by Crippen LogP contribution is 2.29. The molecule has 0 saturated carbocycles. The minimum Gasteiger partial charge on any atom is -0.493 e. The van der Waals surface area contributed by atoms with Crippen LogP contribution in [0.15, 0.2) is 23.1 Å². The molecule has 1 heterocycles. The lowest BCUT2D eigenvalue weighted by Gasteiger charge is -2.26. The van der Waals surface area contributed by atoms with Crippen LogP contribution in [0.5, 0.6) is 11.5 Å². The third-order valence-corrected chi connectivity index (χ3v) is 5.37. The van der Waals surface area contributed by atoms with Gasteiger partial charge in [-0.3, -0.25) is 0 Å². The molecule has 1 aromatic carbocycles. The molecule has 1 saturated heterocycles. The highest BCUT2D eigenvalue weighted by molar-refractivity contribution is 7.91. The molecule has 0 radical (unpaired) electrons. The third kappa shape index (κ3) is 4.51. The number of carbonyl (C=O) groups is 1. The third-order valence-electron chi connectivity index (χ3n) is 3.66. The number of sulfone groups is 1. The van der Waals surface area contributed by atoms with E-state index in [1.165, 1.54) is 32.4 Å². The number of amides is 2. The zero-order valence-electron chi connectivity index (χ0n) is 13.8. The molecule has 1 N–H and O–H groups in total. The topological polar surface area (TPSA) is 94.2 Å². The van der Waals surface area contributed by atoms with Crippen molar-refractivity contribution in [3.63, 3.8) is 0 Å². The van der Waals surface area contributed by atoms with Crippen LogP contribution < -0.4 is 14.8 Å². The quantitative estimate of drug-likeness (QED) is 0.797. The molecule has 0 spiro atoms. The van der Waals surface area contributed by atoms with Crippen LogP contribution in [0.1, 0.15) is 0 Å². The fourth-order valence-corrected chi connectivity index (χ4v) is 3.47. The summed E-state index contributed by atoms with van der Waals surface area (Å²) in [6.07, 6.45) is 0. The van der Waals surface area contributed by atoms with Crippen LogP contribution in [0, 0.1) is 0 Å². The molecule has 2 rings (SSSR count). The SMILES string of the molecule is COc1ccc(S(=O)(=O)CCNC(=O)N2CCOCC2)cc1OC. The van der Waals surface area contributed by atoms with Gasteiger partial charge in [0.1, 0.15) is 0 Å². The minimum atomic E-state index is -3.54. The molecular weight excluding hydrogens is 336 g/mol. The minimum absolute atomic E-state index is 0.0346. The molecule has 1 aromatic rings. The first kappa shape index (κ1) is 18.3. The molecule has 0 atom stereocenters. The number of carbonyl (C=O) groups excluding carboxylic acids is 1. The average Bonchev–Trinajstić information content (AvgIpc) is 2.61. The number of hydrogen-bond acceptors (Lipinski definition) is 6. The lowest BCUT2D eigenvalue weighted by Crippen LogP contribution is -2.47. The van der Waals surface area contributed by atoms with Crippen molar-refractivity contribution in [2.45, 2.75) is 4.90 Å². The Kier molecular flexibility index (Phi) is 6.27. The van der Waals surface area contributed by atoms with Gasteiger partial charge in [-0.15, -0.1) is 0 Å². The maximum absolute atomic E-state index is 12.4. The van der Waals surface area contributed by atoms with Gasteiger partial charge in [0.05, 0.1) is 38.1 Å². The number of benzene rings is 1. The maximum Gasteiger partial charge on any atom is 0.317 e. The van der Waals surface area contributed by atoms with E-state index < -0.39 is 9.84 Å². The first-order chi connectivity index (χ1) is 11.5. The smallest absolute Gasteiger partial charge is 0.317 e. The second-order valence-electron chi connectivity index (χ2n) is 5.17. The highest BCUT2D eigenvalue weighted by Gasteiger charge is 2.20. The van der Waals surface area contributed by atoms with Crippen LogP contribution in [0.3, 0.4) is 0 Å². The van der Waals surface area contributed by atoms with Crippen molar-refractivity contribution in [2.24, 2.45) is 0 Å². The number of hydrogen-bond donors (Lipinski definition) is 1. The Bertz CT molecular complexity index is 671. The van der Waals surface area contributed by atoms with Crippen molar-refractivity contribution in [1.29, 1.82) is 0 Å². The van der Waals surface area contributed by atoms with Crippen LogP contribution in [-0.2, 0) is 14.6 Å². The van der Waals surface area contributed by atoms with E-state index in [2.05, 4.69) is 5.32 Å². The predicted octanol–water partition coefficient (Wildman–Crippen LogP) is 0.519. The first-order valence-corrected chi connectivity index (χ1v) is 9.18. The zero-order chi connectivity index (χ0) is 17.6. The van der Waals surface area contributed by atoms with Gasteiger partial charge in [0.25, 0.3) is 0 Å². The van der Waals surface area contributed by atoms with E-state index in [0.717, 1.165) is 0 Å². The molecular formula is C15H22N2O6S. The standard InChI is InChI=1S/C15H22N2O6S/c1-21-13-4-3-12(11-14(13)22-2)24(19,20)10-5-16-15(18)17-6-8-23-9-7-17/h3-4,11H,5-10H2,1-2H3,(H,16,18). The molecule has 0 bridgehead atoms. The summed E-state index contributed by atoms with van der Waals surface area (Å²) in [6.45, 7) is 2.05. The van der Waals surface area contributed by atoms with Gasteiger partial charge in [-0.1, -0.05) is 0 Å². The molecule has 0 unspecified atom stereocenters. The van der Waals surface area contributed by atoms with Crippen LogP contribution >= 0.6 is 0 Å². The lowest BCUT2D eigenvalue weighted by molar-refractivity contribution is 0.0533. The van der Waals surface area contributed by atoms with Gasteiger partial charge < -0.3 is 24.4 Å². The fourth-order valence-electron chi connectivity index (χ4n) is 2.30. The Balaban J connectivity index is 1.94. The second kappa shape index (κ2) is 8.20. The fraction of sp³-hybridized carbons (Fsp3) is 0.533. The largest absolute Gasteiger partial charge is 0.493 e. The van der Waals surface area contributed by atoms with Crippen LogP contribution in [0.2, 0.25) is 0 Å². The van der Waals surface area contributed by atoms with Crippen molar-refractivity contribution in [2.75, 3.05) is 52.8 Å². The lowest BCUT2D eigenvalue weighted by atomic mass is 10.3. The average molecular weight is 358 g/mol. The molecule has 0 aliphatic carbocycles. The highest BCUT2D eigenvalue weighted by atomic mass is 32.2. The van der Waals surface area contributed by atoms with Gasteiger partial charge in [0.15, 0.2) is 21.3 Å². The number of nitrogens with one attached hydrogen (secondary N) is 1. The Morgan fingerprint density at radius 2 is 1.88 bits per heavy atom. The molecule has 9 heteroatoms. The summed E-state index contributed by atoms with van der Waals surface area (Å²) in [4.78, 5) is 13.7. The van der Waals surface area contributed by atoms with E-state index in [-0.39, 0.29) is 23.2 Å². The summed E-state index contributed by atoms with van der Waals surface area (Å²) in [6, 6.07) is 4.14. The first-order valence-electron chi connectivity index (χ1n) is 7.53. The number of urea groups is 1. The van der Waals surface area contributed by atoms with E-state index in [0.29, 0.717) is 37.8 Å². The van der Waals surface area contributed by atoms with Gasteiger partial charge in [-0.05, 0) is 12.1 Å². The summed E-state index contributed by atoms with van der Waals surface area (Å²) < 4.78 is 40.1. The van der Waals surface area contributed by atoms with Crippen LogP contribution in [0.25, 0.3) is 0 Å². The molecule has 8 nitrogen and oxygen atoms in total. The monoisotopic (exact) mass is 358 g/mol. The second-order valence-corrected chi connectivity index (χ2v) is 7.28. The Morgan fingerprint density at radius 3 is 2.50 bits per heavy atom. The Hall–Kier alpha value is -2.00. The molecule has 1 aliphatic heterocycles. The van der Waals surface area contributed by atoms with Crippen molar-refractivity contribution >= 4 is 15.9 Å². The molecule has 1 aliphatic rings. The van der Waals surface area contributed by atoms with Gasteiger partial charge >= 0.3 is 6.03 Å². The van der Waals surface area contributed by atoms with E-state index >= 15 is 0 Å². The summed E-state index contributed by atoms with van der Waals surface area (Å²) in [5, 5.41) is 2.63. The summed E-state index contributed by atoms with van der Waals surface area (Å²) in [7, 11) is -0.617. The van der Waals surface area contributed by atoms with Crippen LogP contribution in [-0.4, -0.2) is 72.2 Å². The maximum atomic E-state index is 12.4. The van der Waals surface area contributed by atoms with E-state index in [1.54, 1.807) is 4.90 Å². The van der Waals surface area contributed by atoms with Gasteiger partial charge in [0, 0.05) is 25.7 Å². The Labute approximate surface area is 141 Å². The van der Waals surface area contributed by atoms with E-state index in [9.17, 15) is 13.2 Å². The molecule has 24 heavy (non-hydrogen) atoms. The Morgan fingerprint density at radius 1 is 1.21 bits per heavy atom. The summed E-state index contributed by atoms with van der Waals surface area (Å²) in [5.41, 5.74) is 0. The predicted molar refractivity (Wildman–Crippen MR) is 87.4 cm³/mol. The van der Waals surface area contributed by atoms with Crippen molar-refractivity contribution in [3.05, 3.63) is 18.2 Å². The van der Waals surface area contributed by atoms with Gasteiger partial charge in [-0.2, -0.15) is 0 Å². The number of rotatable bonds is 6. The number of morpholine rings is 1. The van der Waals surface area contributed by atoms with E-state index in [4.69, 9.17) is 14.2 Å². The summed E-state index contributed by atoms with van der Waals surface area (Å²) >= 11 is 0. The number of ether oxygens (including phenoxy) is 3. The van der Waals surface area contributed by atoms with Gasteiger partial charge in [0.2, 0.25) is 0 Å². The van der Waals surface area contributed by atoms with Crippen molar-refractivity contribution in [3.8, 4) is 11.5 Å².